The second kappa shape index (κ2) is 5.78. The smallest absolute Gasteiger partial charge is 0.226 e. The van der Waals surface area contributed by atoms with Crippen molar-refractivity contribution in [3.63, 3.8) is 0 Å². The second-order valence-corrected chi connectivity index (χ2v) is 5.98. The van der Waals surface area contributed by atoms with Crippen LogP contribution < -0.4 is 5.32 Å². The van der Waals surface area contributed by atoms with E-state index < -0.39 is 0 Å². The van der Waals surface area contributed by atoms with Crippen molar-refractivity contribution in [1.29, 1.82) is 0 Å². The second-order valence-electron chi connectivity index (χ2n) is 5.98. The largest absolute Gasteiger partial charge is 0.355 e. The van der Waals surface area contributed by atoms with Crippen LogP contribution in [0.5, 0.6) is 0 Å². The Labute approximate surface area is 115 Å². The van der Waals surface area contributed by atoms with E-state index in [2.05, 4.69) is 34.8 Å². The first kappa shape index (κ1) is 14.1. The summed E-state index contributed by atoms with van der Waals surface area (Å²) in [6.07, 6.45) is 4.85. The molecule has 0 bridgehead atoms. The summed E-state index contributed by atoms with van der Waals surface area (Å²) in [5, 5.41) is 3.10. The zero-order valence-corrected chi connectivity index (χ0v) is 12.3. The van der Waals surface area contributed by atoms with Crippen LogP contribution in [0.4, 0.5) is 0 Å². The van der Waals surface area contributed by atoms with Gasteiger partial charge in [0.05, 0.1) is 0 Å². The number of aryl methyl sites for hydroxylation is 1. The van der Waals surface area contributed by atoms with E-state index in [0.29, 0.717) is 0 Å². The lowest BCUT2D eigenvalue weighted by atomic mass is 9.79. The number of piperidine rings is 1. The number of aromatic nitrogens is 1. The van der Waals surface area contributed by atoms with Crippen LogP contribution in [-0.4, -0.2) is 42.1 Å². The van der Waals surface area contributed by atoms with Crippen LogP contribution in [0.2, 0.25) is 0 Å². The van der Waals surface area contributed by atoms with Crippen molar-refractivity contribution in [2.24, 2.45) is 12.5 Å². The quantitative estimate of drug-likeness (QED) is 0.892. The summed E-state index contributed by atoms with van der Waals surface area (Å²) in [5.74, 6) is 0.217. The molecule has 0 aliphatic carbocycles. The fourth-order valence-electron chi connectivity index (χ4n) is 2.61. The summed E-state index contributed by atoms with van der Waals surface area (Å²) in [6.45, 7) is 4.85. The number of hydrogen-bond donors (Lipinski definition) is 1. The highest BCUT2D eigenvalue weighted by Crippen LogP contribution is 2.30. The Kier molecular flexibility index (Phi) is 4.30. The Hall–Kier alpha value is -1.29. The first-order valence-electron chi connectivity index (χ1n) is 7.08. The molecule has 1 fully saturated rings. The van der Waals surface area contributed by atoms with Crippen molar-refractivity contribution in [1.82, 2.24) is 14.8 Å². The average Bonchev–Trinajstić information content (AvgIpc) is 2.79. The lowest BCUT2D eigenvalue weighted by Gasteiger charge is -2.36. The average molecular weight is 263 g/mol. The lowest BCUT2D eigenvalue weighted by molar-refractivity contribution is -0.132. The Morgan fingerprint density at radius 2 is 2.05 bits per heavy atom. The summed E-state index contributed by atoms with van der Waals surface area (Å²) in [6, 6.07) is 4.14. The van der Waals surface area contributed by atoms with Crippen LogP contribution in [0.3, 0.4) is 0 Å². The van der Waals surface area contributed by atoms with E-state index in [1.54, 1.807) is 0 Å². The molecule has 0 radical (unpaired) electrons. The minimum absolute atomic E-state index is 0.180. The molecule has 4 heteroatoms. The molecule has 1 amide bonds. The Balaban J connectivity index is 1.79. The molecule has 1 aliphatic heterocycles. The molecule has 0 aromatic carbocycles. The third-order valence-corrected chi connectivity index (χ3v) is 4.36. The minimum Gasteiger partial charge on any atom is -0.355 e. The van der Waals surface area contributed by atoms with Crippen LogP contribution in [0.15, 0.2) is 18.3 Å². The van der Waals surface area contributed by atoms with Gasteiger partial charge < -0.3 is 14.8 Å². The Morgan fingerprint density at radius 3 is 2.63 bits per heavy atom. The molecular weight excluding hydrogens is 238 g/mol. The number of hydrogen-bond acceptors (Lipinski definition) is 2. The maximum Gasteiger partial charge on any atom is 0.226 e. The van der Waals surface area contributed by atoms with E-state index in [1.165, 1.54) is 5.69 Å². The van der Waals surface area contributed by atoms with Gasteiger partial charge in [-0.15, -0.1) is 0 Å². The number of nitrogens with one attached hydrogen (secondary N) is 1. The third-order valence-electron chi connectivity index (χ3n) is 4.36. The predicted octanol–water partition coefficient (Wildman–Crippen LogP) is 1.42. The number of likely N-dealkylation sites (tertiary alicyclic amines) is 1. The maximum atomic E-state index is 12.3. The van der Waals surface area contributed by atoms with Crippen molar-refractivity contribution in [2.45, 2.75) is 26.2 Å². The van der Waals surface area contributed by atoms with Gasteiger partial charge in [0, 0.05) is 37.3 Å². The standard InChI is InChI=1S/C15H25N3O/c1-15(7-11-17(2)12-8-15)14(19)16-9-6-13-5-4-10-18(13)3/h4-5,10H,6-9,11-12H2,1-3H3,(H,16,19). The van der Waals surface area contributed by atoms with Gasteiger partial charge in [-0.05, 0) is 45.1 Å². The van der Waals surface area contributed by atoms with Crippen LogP contribution in [0.1, 0.15) is 25.5 Å². The topological polar surface area (TPSA) is 37.3 Å². The number of rotatable bonds is 4. The number of nitrogens with zero attached hydrogens (tertiary/aromatic N) is 2. The number of amides is 1. The van der Waals surface area contributed by atoms with Gasteiger partial charge in [-0.3, -0.25) is 4.79 Å². The molecule has 0 spiro atoms. The van der Waals surface area contributed by atoms with Gasteiger partial charge in [-0.2, -0.15) is 0 Å². The zero-order chi connectivity index (χ0) is 13.9. The van der Waals surface area contributed by atoms with Crippen molar-refractivity contribution in [3.05, 3.63) is 24.0 Å². The van der Waals surface area contributed by atoms with Gasteiger partial charge in [-0.1, -0.05) is 6.92 Å². The van der Waals surface area contributed by atoms with Crippen molar-refractivity contribution < 1.29 is 4.79 Å². The molecule has 19 heavy (non-hydrogen) atoms. The predicted molar refractivity (Wildman–Crippen MR) is 77.0 cm³/mol. The lowest BCUT2D eigenvalue weighted by Crippen LogP contribution is -2.46. The van der Waals surface area contributed by atoms with Crippen molar-refractivity contribution in [3.8, 4) is 0 Å². The molecule has 1 aromatic rings. The molecule has 0 saturated carbocycles. The highest BCUT2D eigenvalue weighted by atomic mass is 16.2. The highest BCUT2D eigenvalue weighted by Gasteiger charge is 2.35. The van der Waals surface area contributed by atoms with Crippen molar-refractivity contribution in [2.75, 3.05) is 26.7 Å². The first-order valence-corrected chi connectivity index (χ1v) is 7.08. The molecule has 2 heterocycles. The van der Waals surface area contributed by atoms with E-state index in [-0.39, 0.29) is 11.3 Å². The molecule has 1 N–H and O–H groups in total. The van der Waals surface area contributed by atoms with Crippen molar-refractivity contribution >= 4 is 5.91 Å². The van der Waals surface area contributed by atoms with Gasteiger partial charge in [0.25, 0.3) is 0 Å². The van der Waals surface area contributed by atoms with E-state index in [9.17, 15) is 4.79 Å². The summed E-state index contributed by atoms with van der Waals surface area (Å²) in [4.78, 5) is 14.6. The summed E-state index contributed by atoms with van der Waals surface area (Å²) in [5.41, 5.74) is 1.08. The molecule has 1 saturated heterocycles. The monoisotopic (exact) mass is 263 g/mol. The maximum absolute atomic E-state index is 12.3. The van der Waals surface area contributed by atoms with E-state index in [1.807, 2.05) is 19.3 Å². The van der Waals surface area contributed by atoms with Crippen LogP contribution in [0.25, 0.3) is 0 Å². The summed E-state index contributed by atoms with van der Waals surface area (Å²) >= 11 is 0. The highest BCUT2D eigenvalue weighted by molar-refractivity contribution is 5.82. The van der Waals surface area contributed by atoms with E-state index in [0.717, 1.165) is 38.9 Å². The number of carbonyl (C=O) groups is 1. The Morgan fingerprint density at radius 1 is 1.37 bits per heavy atom. The van der Waals surface area contributed by atoms with Crippen LogP contribution in [0, 0.1) is 5.41 Å². The number of carbonyl (C=O) groups excluding carboxylic acids is 1. The summed E-state index contributed by atoms with van der Waals surface area (Å²) < 4.78 is 2.10. The Bertz CT molecular complexity index is 430. The van der Waals surface area contributed by atoms with Gasteiger partial charge >= 0.3 is 0 Å². The van der Waals surface area contributed by atoms with Crippen LogP contribution >= 0.6 is 0 Å². The van der Waals surface area contributed by atoms with Gasteiger partial charge in [-0.25, -0.2) is 0 Å². The molecule has 0 atom stereocenters. The molecule has 106 valence electrons. The van der Waals surface area contributed by atoms with E-state index >= 15 is 0 Å². The molecule has 0 unspecified atom stereocenters. The summed E-state index contributed by atoms with van der Waals surface area (Å²) in [7, 11) is 4.16. The van der Waals surface area contributed by atoms with Crippen LogP contribution in [-0.2, 0) is 18.3 Å². The SMILES string of the molecule is CN1CCC(C)(C(=O)NCCc2cccn2C)CC1. The van der Waals surface area contributed by atoms with Gasteiger partial charge in [0.15, 0.2) is 0 Å². The molecule has 2 rings (SSSR count). The minimum atomic E-state index is -0.180. The fraction of sp³-hybridized carbons (Fsp3) is 0.667. The first-order chi connectivity index (χ1) is 9.01. The molecular formula is C15H25N3O. The zero-order valence-electron chi connectivity index (χ0n) is 12.3. The van der Waals surface area contributed by atoms with Gasteiger partial charge in [0.2, 0.25) is 5.91 Å². The molecule has 1 aromatic heterocycles. The molecule has 4 nitrogen and oxygen atoms in total. The van der Waals surface area contributed by atoms with Gasteiger partial charge in [0.1, 0.15) is 0 Å². The van der Waals surface area contributed by atoms with E-state index in [4.69, 9.17) is 0 Å². The molecule has 1 aliphatic rings. The normalized spacial score (nSPS) is 19.3. The fourth-order valence-corrected chi connectivity index (χ4v) is 2.61. The third kappa shape index (κ3) is 3.38.